The number of halogens is 1. The van der Waals surface area contributed by atoms with Crippen molar-refractivity contribution in [2.24, 2.45) is 5.41 Å². The van der Waals surface area contributed by atoms with Gasteiger partial charge in [-0.1, -0.05) is 17.7 Å². The van der Waals surface area contributed by atoms with E-state index in [9.17, 15) is 9.59 Å². The lowest BCUT2D eigenvalue weighted by molar-refractivity contribution is -0.129. The minimum Gasteiger partial charge on any atom is -0.356 e. The minimum atomic E-state index is -0.496. The van der Waals surface area contributed by atoms with Crippen LogP contribution < -0.4 is 5.32 Å². The number of likely N-dealkylation sites (tertiary alicyclic amines) is 1. The maximum absolute atomic E-state index is 12.4. The quantitative estimate of drug-likeness (QED) is 0.930. The third-order valence-electron chi connectivity index (χ3n) is 3.72. The first-order valence-corrected chi connectivity index (χ1v) is 7.17. The summed E-state index contributed by atoms with van der Waals surface area (Å²) in [5.41, 5.74) is 0.0715. The van der Waals surface area contributed by atoms with Crippen LogP contribution in [0.15, 0.2) is 24.3 Å². The molecule has 108 valence electrons. The standard InChI is InChI=1S/C15H19ClN2O2/c1-3-17-14(20)15(2)7-8-18(10-15)13(19)11-5-4-6-12(16)9-11/h4-6,9H,3,7-8,10H2,1-2H3,(H,17,20). The van der Waals surface area contributed by atoms with E-state index in [1.165, 1.54) is 0 Å². The molecule has 0 saturated carbocycles. The number of nitrogens with one attached hydrogen (secondary N) is 1. The molecule has 0 radical (unpaired) electrons. The first-order valence-electron chi connectivity index (χ1n) is 6.79. The second-order valence-corrected chi connectivity index (χ2v) is 5.84. The fourth-order valence-electron chi connectivity index (χ4n) is 2.50. The van der Waals surface area contributed by atoms with Gasteiger partial charge >= 0.3 is 0 Å². The summed E-state index contributed by atoms with van der Waals surface area (Å²) < 4.78 is 0. The summed E-state index contributed by atoms with van der Waals surface area (Å²) in [5.74, 6) is -0.0538. The van der Waals surface area contributed by atoms with Gasteiger partial charge in [0, 0.05) is 30.2 Å². The maximum atomic E-state index is 12.4. The zero-order valence-corrected chi connectivity index (χ0v) is 12.5. The van der Waals surface area contributed by atoms with Gasteiger partial charge in [0.05, 0.1) is 5.41 Å². The molecule has 0 aromatic heterocycles. The maximum Gasteiger partial charge on any atom is 0.253 e. The molecule has 1 saturated heterocycles. The van der Waals surface area contributed by atoms with E-state index in [1.807, 2.05) is 13.8 Å². The molecule has 1 heterocycles. The number of benzene rings is 1. The van der Waals surface area contributed by atoms with Crippen LogP contribution in [-0.2, 0) is 4.79 Å². The van der Waals surface area contributed by atoms with Crippen LogP contribution >= 0.6 is 11.6 Å². The molecular formula is C15H19ClN2O2. The highest BCUT2D eigenvalue weighted by molar-refractivity contribution is 6.30. The van der Waals surface area contributed by atoms with E-state index in [-0.39, 0.29) is 11.8 Å². The highest BCUT2D eigenvalue weighted by Crippen LogP contribution is 2.31. The second kappa shape index (κ2) is 5.83. The molecule has 1 aliphatic rings. The Morgan fingerprint density at radius 2 is 2.20 bits per heavy atom. The summed E-state index contributed by atoms with van der Waals surface area (Å²) in [6.45, 7) is 5.45. The van der Waals surface area contributed by atoms with E-state index in [1.54, 1.807) is 29.2 Å². The SMILES string of the molecule is CCNC(=O)C1(C)CCN(C(=O)c2cccc(Cl)c2)C1. The normalized spacial score (nSPS) is 21.9. The van der Waals surface area contributed by atoms with Gasteiger partial charge in [-0.05, 0) is 38.5 Å². The summed E-state index contributed by atoms with van der Waals surface area (Å²) in [6, 6.07) is 6.90. The fraction of sp³-hybridized carbons (Fsp3) is 0.467. The molecule has 20 heavy (non-hydrogen) atoms. The van der Waals surface area contributed by atoms with E-state index in [0.29, 0.717) is 36.6 Å². The Hall–Kier alpha value is -1.55. The summed E-state index contributed by atoms with van der Waals surface area (Å²) in [5, 5.41) is 3.38. The van der Waals surface area contributed by atoms with Crippen LogP contribution in [0.2, 0.25) is 5.02 Å². The molecule has 2 amide bonds. The summed E-state index contributed by atoms with van der Waals surface area (Å²) in [6.07, 6.45) is 0.686. The molecule has 1 atom stereocenters. The van der Waals surface area contributed by atoms with Crippen LogP contribution in [0.1, 0.15) is 30.6 Å². The van der Waals surface area contributed by atoms with E-state index in [2.05, 4.69) is 5.32 Å². The van der Waals surface area contributed by atoms with Crippen molar-refractivity contribution in [1.29, 1.82) is 0 Å². The number of carbonyl (C=O) groups is 2. The van der Waals surface area contributed by atoms with Crippen LogP contribution in [-0.4, -0.2) is 36.3 Å². The van der Waals surface area contributed by atoms with Crippen molar-refractivity contribution in [2.45, 2.75) is 20.3 Å². The third kappa shape index (κ3) is 2.96. The van der Waals surface area contributed by atoms with Gasteiger partial charge in [0.2, 0.25) is 5.91 Å². The van der Waals surface area contributed by atoms with Crippen LogP contribution in [0.4, 0.5) is 0 Å². The molecular weight excluding hydrogens is 276 g/mol. The molecule has 1 aliphatic heterocycles. The van der Waals surface area contributed by atoms with Crippen molar-refractivity contribution in [3.63, 3.8) is 0 Å². The zero-order valence-electron chi connectivity index (χ0n) is 11.8. The molecule has 1 fully saturated rings. The van der Waals surface area contributed by atoms with Crippen molar-refractivity contribution in [2.75, 3.05) is 19.6 Å². The van der Waals surface area contributed by atoms with Crippen molar-refractivity contribution in [1.82, 2.24) is 10.2 Å². The van der Waals surface area contributed by atoms with Gasteiger partial charge in [-0.15, -0.1) is 0 Å². The largest absolute Gasteiger partial charge is 0.356 e. The number of carbonyl (C=O) groups excluding carboxylic acids is 2. The average Bonchev–Trinajstić information content (AvgIpc) is 2.82. The van der Waals surface area contributed by atoms with E-state index in [4.69, 9.17) is 11.6 Å². The predicted octanol–water partition coefficient (Wildman–Crippen LogP) is 2.33. The Kier molecular flexibility index (Phi) is 4.33. The van der Waals surface area contributed by atoms with E-state index < -0.39 is 5.41 Å². The molecule has 2 rings (SSSR count). The van der Waals surface area contributed by atoms with Crippen molar-refractivity contribution >= 4 is 23.4 Å². The Bertz CT molecular complexity index is 532. The van der Waals surface area contributed by atoms with Crippen molar-refractivity contribution < 1.29 is 9.59 Å². The van der Waals surface area contributed by atoms with Crippen molar-refractivity contribution in [3.8, 4) is 0 Å². The van der Waals surface area contributed by atoms with E-state index >= 15 is 0 Å². The molecule has 5 heteroatoms. The number of nitrogens with zero attached hydrogens (tertiary/aromatic N) is 1. The zero-order chi connectivity index (χ0) is 14.8. The fourth-order valence-corrected chi connectivity index (χ4v) is 2.69. The highest BCUT2D eigenvalue weighted by Gasteiger charge is 2.41. The van der Waals surface area contributed by atoms with Gasteiger partial charge in [-0.3, -0.25) is 9.59 Å². The molecule has 4 nitrogen and oxygen atoms in total. The molecule has 1 N–H and O–H groups in total. The average molecular weight is 295 g/mol. The first kappa shape index (κ1) is 14.9. The lowest BCUT2D eigenvalue weighted by Crippen LogP contribution is -2.41. The van der Waals surface area contributed by atoms with Crippen LogP contribution in [0.3, 0.4) is 0 Å². The summed E-state index contributed by atoms with van der Waals surface area (Å²) in [4.78, 5) is 26.2. The second-order valence-electron chi connectivity index (χ2n) is 5.41. The highest BCUT2D eigenvalue weighted by atomic mass is 35.5. The first-order chi connectivity index (χ1) is 9.46. The Balaban J connectivity index is 2.09. The summed E-state index contributed by atoms with van der Waals surface area (Å²) in [7, 11) is 0. The molecule has 0 bridgehead atoms. The van der Waals surface area contributed by atoms with Gasteiger partial charge in [0.15, 0.2) is 0 Å². The number of hydrogen-bond acceptors (Lipinski definition) is 2. The Labute approximate surface area is 124 Å². The van der Waals surface area contributed by atoms with Gasteiger partial charge in [0.1, 0.15) is 0 Å². The molecule has 1 aromatic carbocycles. The predicted molar refractivity (Wildman–Crippen MR) is 78.8 cm³/mol. The van der Waals surface area contributed by atoms with Gasteiger partial charge < -0.3 is 10.2 Å². The number of hydrogen-bond donors (Lipinski definition) is 1. The molecule has 0 spiro atoms. The number of rotatable bonds is 3. The third-order valence-corrected chi connectivity index (χ3v) is 3.95. The summed E-state index contributed by atoms with van der Waals surface area (Å²) >= 11 is 5.91. The van der Waals surface area contributed by atoms with E-state index in [0.717, 1.165) is 0 Å². The Morgan fingerprint density at radius 3 is 2.85 bits per heavy atom. The van der Waals surface area contributed by atoms with Crippen LogP contribution in [0.5, 0.6) is 0 Å². The van der Waals surface area contributed by atoms with Crippen LogP contribution in [0.25, 0.3) is 0 Å². The lowest BCUT2D eigenvalue weighted by Gasteiger charge is -2.23. The van der Waals surface area contributed by atoms with Gasteiger partial charge in [0.25, 0.3) is 5.91 Å². The monoisotopic (exact) mass is 294 g/mol. The molecule has 1 aromatic rings. The van der Waals surface area contributed by atoms with Gasteiger partial charge in [-0.2, -0.15) is 0 Å². The van der Waals surface area contributed by atoms with Crippen molar-refractivity contribution in [3.05, 3.63) is 34.9 Å². The Morgan fingerprint density at radius 1 is 1.45 bits per heavy atom. The molecule has 1 unspecified atom stereocenters. The molecule has 0 aliphatic carbocycles. The number of amides is 2. The smallest absolute Gasteiger partial charge is 0.253 e. The topological polar surface area (TPSA) is 49.4 Å². The lowest BCUT2D eigenvalue weighted by atomic mass is 9.89. The van der Waals surface area contributed by atoms with Gasteiger partial charge in [-0.25, -0.2) is 0 Å². The minimum absolute atomic E-state index is 0.0152. The van der Waals surface area contributed by atoms with Crippen LogP contribution in [0, 0.1) is 5.41 Å².